The summed E-state index contributed by atoms with van der Waals surface area (Å²) in [6.45, 7) is 2.09. The van der Waals surface area contributed by atoms with Crippen LogP contribution in [0.3, 0.4) is 0 Å². The third-order valence-electron chi connectivity index (χ3n) is 2.95. The zero-order valence-electron chi connectivity index (χ0n) is 12.0. The molecule has 0 aliphatic rings. The first kappa shape index (κ1) is 13.9. The number of para-hydroxylation sites is 1. The Kier molecular flexibility index (Phi) is 3.86. The summed E-state index contributed by atoms with van der Waals surface area (Å²) in [5.41, 5.74) is 1.70. The molecule has 0 aliphatic heterocycles. The van der Waals surface area contributed by atoms with Crippen molar-refractivity contribution in [3.8, 4) is 5.69 Å². The second-order valence-electron chi connectivity index (χ2n) is 4.72. The topological polar surface area (TPSA) is 85.0 Å². The van der Waals surface area contributed by atoms with Crippen molar-refractivity contribution >= 4 is 11.8 Å². The van der Waals surface area contributed by atoms with E-state index >= 15 is 0 Å². The Balaban J connectivity index is 1.57. The first-order chi connectivity index (χ1) is 10.7. The number of anilines is 1. The van der Waals surface area contributed by atoms with Crippen LogP contribution in [0, 0.1) is 6.92 Å². The molecule has 1 aromatic carbocycles. The molecule has 0 saturated heterocycles. The first-order valence-electron chi connectivity index (χ1n) is 6.79. The number of rotatable bonds is 4. The fraction of sp³-hybridized carbons (Fsp3) is 0.133. The fourth-order valence-electron chi connectivity index (χ4n) is 1.94. The van der Waals surface area contributed by atoms with E-state index in [9.17, 15) is 4.79 Å². The summed E-state index contributed by atoms with van der Waals surface area (Å²) in [5, 5.41) is 13.4. The first-order valence-corrected chi connectivity index (χ1v) is 6.79. The normalized spacial score (nSPS) is 10.4. The third-order valence-corrected chi connectivity index (χ3v) is 2.95. The molecule has 0 aliphatic carbocycles. The second kappa shape index (κ2) is 6.13. The summed E-state index contributed by atoms with van der Waals surface area (Å²) in [7, 11) is 0. The molecule has 112 valence electrons. The van der Waals surface area contributed by atoms with E-state index in [0.29, 0.717) is 11.6 Å². The van der Waals surface area contributed by atoms with Crippen LogP contribution in [0.15, 0.2) is 53.2 Å². The summed E-state index contributed by atoms with van der Waals surface area (Å²) < 4.78 is 6.70. The standard InChI is InChI=1S/C15H15N5O2/c1-11-9-13(22-19-11)10-16-15(21)17-14-7-8-20(18-14)12-5-3-2-4-6-12/h2-9H,10H2,1H3,(H2,16,17,18,21). The Morgan fingerprint density at radius 3 is 2.82 bits per heavy atom. The fourth-order valence-corrected chi connectivity index (χ4v) is 1.94. The van der Waals surface area contributed by atoms with E-state index in [1.54, 1.807) is 23.0 Å². The van der Waals surface area contributed by atoms with Crippen molar-refractivity contribution in [1.82, 2.24) is 20.3 Å². The quantitative estimate of drug-likeness (QED) is 0.774. The third kappa shape index (κ3) is 3.32. The monoisotopic (exact) mass is 297 g/mol. The van der Waals surface area contributed by atoms with E-state index in [0.717, 1.165) is 11.4 Å². The number of hydrogen-bond donors (Lipinski definition) is 2. The highest BCUT2D eigenvalue weighted by Crippen LogP contribution is 2.09. The summed E-state index contributed by atoms with van der Waals surface area (Å²) in [6.07, 6.45) is 1.78. The molecule has 0 radical (unpaired) electrons. The number of aryl methyl sites for hydroxylation is 1. The molecule has 7 nitrogen and oxygen atoms in total. The van der Waals surface area contributed by atoms with Crippen molar-refractivity contribution in [1.29, 1.82) is 0 Å². The van der Waals surface area contributed by atoms with Gasteiger partial charge in [0.15, 0.2) is 11.6 Å². The number of nitrogens with one attached hydrogen (secondary N) is 2. The second-order valence-corrected chi connectivity index (χ2v) is 4.72. The molecule has 0 saturated carbocycles. The van der Waals surface area contributed by atoms with Crippen LogP contribution in [0.5, 0.6) is 0 Å². The number of carbonyl (C=O) groups is 1. The predicted molar refractivity (Wildman–Crippen MR) is 80.7 cm³/mol. The Bertz CT molecular complexity index is 763. The molecule has 0 bridgehead atoms. The minimum absolute atomic E-state index is 0.270. The van der Waals surface area contributed by atoms with E-state index in [2.05, 4.69) is 20.9 Å². The van der Waals surface area contributed by atoms with Crippen molar-refractivity contribution in [3.63, 3.8) is 0 Å². The number of carbonyl (C=O) groups excluding carboxylic acids is 1. The van der Waals surface area contributed by atoms with Crippen molar-refractivity contribution in [2.24, 2.45) is 0 Å². The Morgan fingerprint density at radius 1 is 1.27 bits per heavy atom. The highest BCUT2D eigenvalue weighted by Gasteiger charge is 2.07. The highest BCUT2D eigenvalue weighted by atomic mass is 16.5. The maximum absolute atomic E-state index is 11.8. The molecule has 0 fully saturated rings. The number of nitrogens with zero attached hydrogens (tertiary/aromatic N) is 3. The lowest BCUT2D eigenvalue weighted by Gasteiger charge is -2.03. The van der Waals surface area contributed by atoms with E-state index in [4.69, 9.17) is 4.52 Å². The maximum Gasteiger partial charge on any atom is 0.320 e. The molecule has 0 unspecified atom stereocenters. The van der Waals surface area contributed by atoms with Crippen LogP contribution < -0.4 is 10.6 Å². The van der Waals surface area contributed by atoms with Gasteiger partial charge >= 0.3 is 6.03 Å². The van der Waals surface area contributed by atoms with Gasteiger partial charge < -0.3 is 9.84 Å². The zero-order chi connectivity index (χ0) is 15.4. The summed E-state index contributed by atoms with van der Waals surface area (Å²) in [4.78, 5) is 11.8. The number of urea groups is 1. The maximum atomic E-state index is 11.8. The van der Waals surface area contributed by atoms with Crippen LogP contribution >= 0.6 is 0 Å². The van der Waals surface area contributed by atoms with Gasteiger partial charge in [-0.1, -0.05) is 23.4 Å². The smallest absolute Gasteiger partial charge is 0.320 e. The van der Waals surface area contributed by atoms with Gasteiger partial charge in [-0.05, 0) is 19.1 Å². The Morgan fingerprint density at radius 2 is 2.09 bits per heavy atom. The van der Waals surface area contributed by atoms with Crippen molar-refractivity contribution in [3.05, 3.63) is 60.1 Å². The molecule has 0 atom stereocenters. The molecule has 22 heavy (non-hydrogen) atoms. The zero-order valence-corrected chi connectivity index (χ0v) is 12.0. The number of aromatic nitrogens is 3. The molecule has 2 aromatic heterocycles. The lowest BCUT2D eigenvalue weighted by Crippen LogP contribution is -2.28. The molecule has 3 rings (SSSR count). The summed E-state index contributed by atoms with van der Waals surface area (Å²) >= 11 is 0. The van der Waals surface area contributed by atoms with Crippen LogP contribution in [0.1, 0.15) is 11.5 Å². The lowest BCUT2D eigenvalue weighted by atomic mass is 10.3. The van der Waals surface area contributed by atoms with Gasteiger partial charge in [0.1, 0.15) is 0 Å². The van der Waals surface area contributed by atoms with Crippen molar-refractivity contribution in [2.45, 2.75) is 13.5 Å². The van der Waals surface area contributed by atoms with Crippen LogP contribution in [0.4, 0.5) is 10.6 Å². The molecule has 2 N–H and O–H groups in total. The minimum Gasteiger partial charge on any atom is -0.359 e. The van der Waals surface area contributed by atoms with E-state index in [1.807, 2.05) is 37.3 Å². The highest BCUT2D eigenvalue weighted by molar-refractivity contribution is 5.88. The van der Waals surface area contributed by atoms with Gasteiger partial charge in [0.2, 0.25) is 0 Å². The van der Waals surface area contributed by atoms with Crippen LogP contribution in [-0.4, -0.2) is 21.0 Å². The van der Waals surface area contributed by atoms with Crippen LogP contribution in [0.2, 0.25) is 0 Å². The number of amides is 2. The van der Waals surface area contributed by atoms with Gasteiger partial charge in [-0.15, -0.1) is 5.10 Å². The molecule has 3 aromatic rings. The number of benzene rings is 1. The van der Waals surface area contributed by atoms with Gasteiger partial charge in [-0.3, -0.25) is 5.32 Å². The Hall–Kier alpha value is -3.09. The van der Waals surface area contributed by atoms with Crippen molar-refractivity contribution < 1.29 is 9.32 Å². The predicted octanol–water partition coefficient (Wildman–Crippen LogP) is 2.49. The molecule has 2 heterocycles. The average Bonchev–Trinajstić information content (AvgIpc) is 3.15. The SMILES string of the molecule is Cc1cc(CNC(=O)Nc2ccn(-c3ccccc3)n2)on1. The van der Waals surface area contributed by atoms with Crippen LogP contribution in [0.25, 0.3) is 5.69 Å². The molecule has 0 spiro atoms. The Labute approximate surface area is 126 Å². The average molecular weight is 297 g/mol. The summed E-state index contributed by atoms with van der Waals surface area (Å²) in [5.74, 6) is 1.07. The van der Waals surface area contributed by atoms with Crippen LogP contribution in [-0.2, 0) is 6.54 Å². The molecular formula is C15H15N5O2. The summed E-state index contributed by atoms with van der Waals surface area (Å²) in [6, 6.07) is 12.8. The van der Waals surface area contributed by atoms with Gasteiger partial charge in [-0.2, -0.15) is 0 Å². The van der Waals surface area contributed by atoms with Gasteiger partial charge in [0, 0.05) is 18.3 Å². The van der Waals surface area contributed by atoms with E-state index in [1.165, 1.54) is 0 Å². The van der Waals surface area contributed by atoms with Gasteiger partial charge in [0.05, 0.1) is 17.9 Å². The van der Waals surface area contributed by atoms with Crippen molar-refractivity contribution in [2.75, 3.05) is 5.32 Å². The molecule has 2 amide bonds. The van der Waals surface area contributed by atoms with Gasteiger partial charge in [-0.25, -0.2) is 9.48 Å². The van der Waals surface area contributed by atoms with E-state index in [-0.39, 0.29) is 12.6 Å². The van der Waals surface area contributed by atoms with Gasteiger partial charge in [0.25, 0.3) is 0 Å². The molecular weight excluding hydrogens is 282 g/mol. The minimum atomic E-state index is -0.354. The largest absolute Gasteiger partial charge is 0.359 e. The van der Waals surface area contributed by atoms with E-state index < -0.39 is 0 Å². The lowest BCUT2D eigenvalue weighted by molar-refractivity contribution is 0.250. The number of hydrogen-bond acceptors (Lipinski definition) is 4. The molecule has 7 heteroatoms.